The molecule has 0 atom stereocenters. The van der Waals surface area contributed by atoms with Gasteiger partial charge >= 0.3 is 0 Å². The molecule has 2 aromatic rings. The van der Waals surface area contributed by atoms with E-state index in [1.165, 1.54) is 11.5 Å². The average Bonchev–Trinajstić information content (AvgIpc) is 2.87. The molecule has 5 heteroatoms. The Hall–Kier alpha value is -1.49. The van der Waals surface area contributed by atoms with Gasteiger partial charge in [0.05, 0.1) is 12.2 Å². The van der Waals surface area contributed by atoms with Crippen LogP contribution in [0.5, 0.6) is 0 Å². The van der Waals surface area contributed by atoms with Crippen LogP contribution >= 0.6 is 11.5 Å². The Morgan fingerprint density at radius 2 is 2.17 bits per heavy atom. The summed E-state index contributed by atoms with van der Waals surface area (Å²) in [5, 5.41) is 0.979. The molecule has 0 saturated heterocycles. The highest BCUT2D eigenvalue weighted by atomic mass is 32.1. The SMILES string of the molecule is CCN(Cc1ccccn1)c1nc(C(C)C)ns1. The van der Waals surface area contributed by atoms with Crippen molar-refractivity contribution in [3.8, 4) is 0 Å². The van der Waals surface area contributed by atoms with Crippen molar-refractivity contribution in [2.45, 2.75) is 33.2 Å². The quantitative estimate of drug-likeness (QED) is 0.830. The summed E-state index contributed by atoms with van der Waals surface area (Å²) in [5.74, 6) is 1.30. The smallest absolute Gasteiger partial charge is 0.205 e. The van der Waals surface area contributed by atoms with E-state index in [9.17, 15) is 0 Å². The minimum atomic E-state index is 0.378. The second kappa shape index (κ2) is 5.91. The molecule has 0 aliphatic rings. The zero-order valence-corrected chi connectivity index (χ0v) is 11.8. The summed E-state index contributed by atoms with van der Waals surface area (Å²) in [6.45, 7) is 8.04. The summed E-state index contributed by atoms with van der Waals surface area (Å²) in [4.78, 5) is 11.1. The van der Waals surface area contributed by atoms with Gasteiger partial charge in [-0.25, -0.2) is 4.98 Å². The van der Waals surface area contributed by atoms with Crippen LogP contribution in [0.15, 0.2) is 24.4 Å². The normalized spacial score (nSPS) is 10.9. The molecule has 0 aromatic carbocycles. The fourth-order valence-electron chi connectivity index (χ4n) is 1.59. The van der Waals surface area contributed by atoms with Crippen molar-refractivity contribution in [3.63, 3.8) is 0 Å². The number of anilines is 1. The van der Waals surface area contributed by atoms with Crippen LogP contribution < -0.4 is 4.90 Å². The van der Waals surface area contributed by atoms with Crippen molar-refractivity contribution in [1.82, 2.24) is 14.3 Å². The number of hydrogen-bond donors (Lipinski definition) is 0. The lowest BCUT2D eigenvalue weighted by Gasteiger charge is -2.18. The zero-order chi connectivity index (χ0) is 13.0. The summed E-state index contributed by atoms with van der Waals surface area (Å²) in [5.41, 5.74) is 1.06. The molecule has 2 aromatic heterocycles. The second-order valence-corrected chi connectivity index (χ2v) is 5.16. The van der Waals surface area contributed by atoms with E-state index in [1.54, 1.807) is 0 Å². The topological polar surface area (TPSA) is 41.9 Å². The van der Waals surface area contributed by atoms with Crippen LogP contribution in [-0.2, 0) is 6.54 Å². The molecule has 0 N–H and O–H groups in total. The molecule has 0 radical (unpaired) electrons. The lowest BCUT2D eigenvalue weighted by Crippen LogP contribution is -2.22. The molecule has 0 aliphatic carbocycles. The lowest BCUT2D eigenvalue weighted by atomic mass is 10.2. The van der Waals surface area contributed by atoms with Crippen molar-refractivity contribution in [1.29, 1.82) is 0 Å². The van der Waals surface area contributed by atoms with Gasteiger partial charge in [0.1, 0.15) is 5.82 Å². The largest absolute Gasteiger partial charge is 0.341 e. The molecule has 0 bridgehead atoms. The zero-order valence-electron chi connectivity index (χ0n) is 11.0. The third-order valence-electron chi connectivity index (χ3n) is 2.68. The van der Waals surface area contributed by atoms with E-state index in [1.807, 2.05) is 24.4 Å². The van der Waals surface area contributed by atoms with Gasteiger partial charge in [0, 0.05) is 30.2 Å². The highest BCUT2D eigenvalue weighted by Gasteiger charge is 2.13. The van der Waals surface area contributed by atoms with Crippen LogP contribution in [0.1, 0.15) is 38.2 Å². The van der Waals surface area contributed by atoms with Gasteiger partial charge in [-0.1, -0.05) is 19.9 Å². The van der Waals surface area contributed by atoms with Gasteiger partial charge in [-0.3, -0.25) is 4.98 Å². The van der Waals surface area contributed by atoms with Crippen molar-refractivity contribution < 1.29 is 0 Å². The van der Waals surface area contributed by atoms with Gasteiger partial charge in [0.2, 0.25) is 5.13 Å². The van der Waals surface area contributed by atoms with Gasteiger partial charge < -0.3 is 4.90 Å². The van der Waals surface area contributed by atoms with E-state index in [-0.39, 0.29) is 0 Å². The maximum absolute atomic E-state index is 4.58. The molecule has 0 spiro atoms. The molecule has 0 saturated carbocycles. The van der Waals surface area contributed by atoms with E-state index >= 15 is 0 Å². The third-order valence-corrected chi connectivity index (χ3v) is 3.47. The van der Waals surface area contributed by atoms with Crippen LogP contribution in [0.4, 0.5) is 5.13 Å². The number of nitrogens with zero attached hydrogens (tertiary/aromatic N) is 4. The van der Waals surface area contributed by atoms with Gasteiger partial charge in [-0.05, 0) is 19.1 Å². The van der Waals surface area contributed by atoms with Gasteiger partial charge in [-0.15, -0.1) is 0 Å². The maximum atomic E-state index is 4.58. The van der Waals surface area contributed by atoms with Crippen LogP contribution in [0.3, 0.4) is 0 Å². The van der Waals surface area contributed by atoms with Gasteiger partial charge in [0.25, 0.3) is 0 Å². The van der Waals surface area contributed by atoms with Crippen LogP contribution in [0, 0.1) is 0 Å². The molecule has 0 unspecified atom stereocenters. The predicted octanol–water partition coefficient (Wildman–Crippen LogP) is 3.08. The summed E-state index contributed by atoms with van der Waals surface area (Å²) in [7, 11) is 0. The Bertz CT molecular complexity index is 481. The van der Waals surface area contributed by atoms with E-state index < -0.39 is 0 Å². The predicted molar refractivity (Wildman–Crippen MR) is 75.0 cm³/mol. The van der Waals surface area contributed by atoms with E-state index in [0.717, 1.165) is 29.7 Å². The lowest BCUT2D eigenvalue weighted by molar-refractivity contribution is 0.772. The summed E-state index contributed by atoms with van der Waals surface area (Å²) in [6, 6.07) is 5.98. The van der Waals surface area contributed by atoms with Crippen molar-refractivity contribution in [2.75, 3.05) is 11.4 Å². The summed E-state index contributed by atoms with van der Waals surface area (Å²) < 4.78 is 4.39. The van der Waals surface area contributed by atoms with E-state index in [2.05, 4.69) is 40.0 Å². The minimum Gasteiger partial charge on any atom is -0.341 e. The molecule has 0 amide bonds. The van der Waals surface area contributed by atoms with Crippen molar-refractivity contribution in [3.05, 3.63) is 35.9 Å². The molecule has 2 heterocycles. The van der Waals surface area contributed by atoms with Crippen LogP contribution in [-0.4, -0.2) is 20.9 Å². The Kier molecular flexibility index (Phi) is 4.25. The molecule has 18 heavy (non-hydrogen) atoms. The Morgan fingerprint density at radius 1 is 1.33 bits per heavy atom. The number of aromatic nitrogens is 3. The third kappa shape index (κ3) is 3.04. The Labute approximate surface area is 112 Å². The van der Waals surface area contributed by atoms with Crippen LogP contribution in [0.2, 0.25) is 0 Å². The number of hydrogen-bond acceptors (Lipinski definition) is 5. The van der Waals surface area contributed by atoms with Crippen molar-refractivity contribution in [2.24, 2.45) is 0 Å². The minimum absolute atomic E-state index is 0.378. The monoisotopic (exact) mass is 262 g/mol. The summed E-state index contributed by atoms with van der Waals surface area (Å²) in [6.07, 6.45) is 1.82. The summed E-state index contributed by atoms with van der Waals surface area (Å²) >= 11 is 1.47. The van der Waals surface area contributed by atoms with Gasteiger partial charge in [-0.2, -0.15) is 4.37 Å². The highest BCUT2D eigenvalue weighted by molar-refractivity contribution is 7.09. The Balaban J connectivity index is 2.13. The Morgan fingerprint density at radius 3 is 2.72 bits per heavy atom. The molecule has 4 nitrogen and oxygen atoms in total. The van der Waals surface area contributed by atoms with E-state index in [4.69, 9.17) is 0 Å². The molecule has 0 aliphatic heterocycles. The highest BCUT2D eigenvalue weighted by Crippen LogP contribution is 2.22. The fourth-order valence-corrected chi connectivity index (χ4v) is 2.46. The fraction of sp³-hybridized carbons (Fsp3) is 0.462. The number of pyridine rings is 1. The first-order valence-electron chi connectivity index (χ1n) is 6.19. The van der Waals surface area contributed by atoms with Crippen molar-refractivity contribution >= 4 is 16.7 Å². The van der Waals surface area contributed by atoms with E-state index in [0.29, 0.717) is 5.92 Å². The first-order valence-corrected chi connectivity index (χ1v) is 6.96. The molecule has 96 valence electrons. The van der Waals surface area contributed by atoms with Crippen LogP contribution in [0.25, 0.3) is 0 Å². The second-order valence-electron chi connectivity index (χ2n) is 4.43. The first-order chi connectivity index (χ1) is 8.70. The number of rotatable bonds is 5. The molecular weight excluding hydrogens is 244 g/mol. The van der Waals surface area contributed by atoms with Gasteiger partial charge in [0.15, 0.2) is 0 Å². The first kappa shape index (κ1) is 13.0. The molecule has 0 fully saturated rings. The maximum Gasteiger partial charge on any atom is 0.205 e. The molecule has 2 rings (SSSR count). The molecular formula is C13H18N4S. The average molecular weight is 262 g/mol. The standard InChI is InChI=1S/C13H18N4S/c1-4-17(9-11-7-5-6-8-14-11)13-15-12(10(2)3)16-18-13/h5-8,10H,4,9H2,1-3H3.